The fourth-order valence-electron chi connectivity index (χ4n) is 3.50. The van der Waals surface area contributed by atoms with Crippen LogP contribution in [0.3, 0.4) is 0 Å². The molecule has 2 heterocycles. The molecule has 158 valence electrons. The zero-order chi connectivity index (χ0) is 18.6. The van der Waals surface area contributed by atoms with Gasteiger partial charge in [0, 0.05) is 39.3 Å². The van der Waals surface area contributed by atoms with Crippen LogP contribution >= 0.6 is 24.0 Å². The van der Waals surface area contributed by atoms with E-state index >= 15 is 0 Å². The molecule has 1 atom stereocenters. The second-order valence-corrected chi connectivity index (χ2v) is 6.93. The maximum absolute atomic E-state index is 12.1. The van der Waals surface area contributed by atoms with Gasteiger partial charge in [0.05, 0.1) is 25.7 Å². The number of carbonyl (C=O) groups excluding carboxylic acids is 1. The van der Waals surface area contributed by atoms with Gasteiger partial charge in [0.25, 0.3) is 0 Å². The highest BCUT2D eigenvalue weighted by molar-refractivity contribution is 14.0. The van der Waals surface area contributed by atoms with Crippen LogP contribution in [0.25, 0.3) is 0 Å². The molecule has 2 aliphatic heterocycles. The van der Waals surface area contributed by atoms with E-state index in [9.17, 15) is 4.79 Å². The van der Waals surface area contributed by atoms with Crippen LogP contribution in [0.2, 0.25) is 0 Å². The maximum atomic E-state index is 12.1. The summed E-state index contributed by atoms with van der Waals surface area (Å²) in [6, 6.07) is 0. The van der Waals surface area contributed by atoms with Crippen LogP contribution in [0.15, 0.2) is 4.99 Å². The molecule has 2 saturated heterocycles. The third-order valence-corrected chi connectivity index (χ3v) is 4.92. The highest BCUT2D eigenvalue weighted by Gasteiger charge is 2.28. The van der Waals surface area contributed by atoms with E-state index in [-0.39, 0.29) is 35.9 Å². The SMILES string of the molecule is CCNC(=NCCCCN1CCOCC1)N1CCCC(C(=O)OCC)C1.I. The van der Waals surface area contributed by atoms with Crippen molar-refractivity contribution < 1.29 is 14.3 Å². The van der Waals surface area contributed by atoms with Gasteiger partial charge in [0.1, 0.15) is 0 Å². The number of carbonyl (C=O) groups is 1. The van der Waals surface area contributed by atoms with E-state index in [1.807, 2.05) is 6.92 Å². The number of halogens is 1. The Bertz CT molecular complexity index is 445. The number of morpholine rings is 1. The molecule has 0 amide bonds. The van der Waals surface area contributed by atoms with Crippen molar-refractivity contribution in [3.8, 4) is 0 Å². The number of hydrogen-bond donors (Lipinski definition) is 1. The molecule has 0 aromatic rings. The van der Waals surface area contributed by atoms with Crippen LogP contribution in [0.1, 0.15) is 39.5 Å². The molecule has 2 fully saturated rings. The topological polar surface area (TPSA) is 66.4 Å². The van der Waals surface area contributed by atoms with Gasteiger partial charge < -0.3 is 19.7 Å². The summed E-state index contributed by atoms with van der Waals surface area (Å²) in [4.78, 5) is 21.5. The number of piperidine rings is 1. The van der Waals surface area contributed by atoms with E-state index in [1.165, 1.54) is 0 Å². The molecular weight excluding hydrogens is 459 g/mol. The van der Waals surface area contributed by atoms with E-state index in [0.29, 0.717) is 13.2 Å². The molecular formula is C19H37IN4O3. The zero-order valence-corrected chi connectivity index (χ0v) is 19.3. The molecule has 1 N–H and O–H groups in total. The molecule has 0 aliphatic carbocycles. The molecule has 1 unspecified atom stereocenters. The normalized spacial score (nSPS) is 21.5. The second kappa shape index (κ2) is 14.4. The number of aliphatic imine (C=N–C) groups is 1. The molecule has 0 spiro atoms. The number of ether oxygens (including phenoxy) is 2. The van der Waals surface area contributed by atoms with Crippen LogP contribution in [0.5, 0.6) is 0 Å². The number of unbranched alkanes of at least 4 members (excludes halogenated alkanes) is 1. The predicted molar refractivity (Wildman–Crippen MR) is 119 cm³/mol. The summed E-state index contributed by atoms with van der Waals surface area (Å²) in [5.74, 6) is 0.834. The summed E-state index contributed by atoms with van der Waals surface area (Å²) in [5.41, 5.74) is 0. The molecule has 27 heavy (non-hydrogen) atoms. The minimum absolute atomic E-state index is 0. The van der Waals surface area contributed by atoms with Crippen LogP contribution in [0, 0.1) is 5.92 Å². The number of esters is 1. The molecule has 2 rings (SSSR count). The molecule has 0 bridgehead atoms. The summed E-state index contributed by atoms with van der Waals surface area (Å²) in [6.45, 7) is 12.7. The average Bonchev–Trinajstić information content (AvgIpc) is 2.68. The summed E-state index contributed by atoms with van der Waals surface area (Å²) in [6.07, 6.45) is 4.16. The van der Waals surface area contributed by atoms with E-state index < -0.39 is 0 Å². The van der Waals surface area contributed by atoms with E-state index in [4.69, 9.17) is 14.5 Å². The summed E-state index contributed by atoms with van der Waals surface area (Å²) in [7, 11) is 0. The quantitative estimate of drug-likeness (QED) is 0.182. The van der Waals surface area contributed by atoms with Gasteiger partial charge >= 0.3 is 5.97 Å². The van der Waals surface area contributed by atoms with E-state index in [0.717, 1.165) is 84.1 Å². The third-order valence-electron chi connectivity index (χ3n) is 4.92. The Morgan fingerprint density at radius 2 is 2.00 bits per heavy atom. The first-order chi connectivity index (χ1) is 12.7. The lowest BCUT2D eigenvalue weighted by Crippen LogP contribution is -2.48. The minimum Gasteiger partial charge on any atom is -0.466 e. The van der Waals surface area contributed by atoms with Gasteiger partial charge in [-0.1, -0.05) is 0 Å². The lowest BCUT2D eigenvalue weighted by Gasteiger charge is -2.34. The Labute approximate surface area is 181 Å². The van der Waals surface area contributed by atoms with Crippen molar-refractivity contribution in [2.45, 2.75) is 39.5 Å². The first-order valence-corrected chi connectivity index (χ1v) is 10.2. The van der Waals surface area contributed by atoms with Gasteiger partial charge in [-0.15, -0.1) is 24.0 Å². The fourth-order valence-corrected chi connectivity index (χ4v) is 3.50. The number of hydrogen-bond acceptors (Lipinski definition) is 5. The standard InChI is InChI=1S/C19H36N4O3.HI/c1-3-20-19(21-9-5-6-10-22-12-14-25-15-13-22)23-11-7-8-17(16-23)18(24)26-4-2;/h17H,3-16H2,1-2H3,(H,20,21);1H. The molecule has 8 heteroatoms. The summed E-state index contributed by atoms with van der Waals surface area (Å²) >= 11 is 0. The van der Waals surface area contributed by atoms with Gasteiger partial charge in [0.15, 0.2) is 5.96 Å². The maximum Gasteiger partial charge on any atom is 0.310 e. The van der Waals surface area contributed by atoms with Crippen molar-refractivity contribution in [1.82, 2.24) is 15.1 Å². The third kappa shape index (κ3) is 8.95. The Kier molecular flexibility index (Phi) is 13.0. The van der Waals surface area contributed by atoms with Crippen molar-refractivity contribution in [3.05, 3.63) is 0 Å². The zero-order valence-electron chi connectivity index (χ0n) is 17.0. The smallest absolute Gasteiger partial charge is 0.310 e. The molecule has 0 aromatic heterocycles. The van der Waals surface area contributed by atoms with E-state index in [1.54, 1.807) is 0 Å². The van der Waals surface area contributed by atoms with Crippen LogP contribution in [-0.4, -0.2) is 87.4 Å². The van der Waals surface area contributed by atoms with Crippen molar-refractivity contribution in [1.29, 1.82) is 0 Å². The van der Waals surface area contributed by atoms with Gasteiger partial charge in [-0.05, 0) is 46.1 Å². The predicted octanol–water partition coefficient (Wildman–Crippen LogP) is 1.96. The number of nitrogens with zero attached hydrogens (tertiary/aromatic N) is 3. The van der Waals surface area contributed by atoms with Crippen LogP contribution < -0.4 is 5.32 Å². The number of guanidine groups is 1. The van der Waals surface area contributed by atoms with Gasteiger partial charge in [0.2, 0.25) is 0 Å². The van der Waals surface area contributed by atoms with Crippen molar-refractivity contribution in [2.75, 3.05) is 65.6 Å². The molecule has 7 nitrogen and oxygen atoms in total. The molecule has 0 radical (unpaired) electrons. The number of nitrogens with one attached hydrogen (secondary N) is 1. The number of likely N-dealkylation sites (tertiary alicyclic amines) is 1. The Hall–Kier alpha value is -0.610. The molecule has 0 saturated carbocycles. The highest BCUT2D eigenvalue weighted by atomic mass is 127. The Morgan fingerprint density at radius 1 is 1.22 bits per heavy atom. The fraction of sp³-hybridized carbons (Fsp3) is 0.895. The van der Waals surface area contributed by atoms with Gasteiger partial charge in [-0.2, -0.15) is 0 Å². The Balaban J connectivity index is 0.00000364. The largest absolute Gasteiger partial charge is 0.466 e. The van der Waals surface area contributed by atoms with Gasteiger partial charge in [-0.25, -0.2) is 0 Å². The number of rotatable bonds is 8. The monoisotopic (exact) mass is 496 g/mol. The molecule has 0 aromatic carbocycles. The first kappa shape index (κ1) is 24.4. The van der Waals surface area contributed by atoms with Crippen LogP contribution in [0.4, 0.5) is 0 Å². The highest BCUT2D eigenvalue weighted by Crippen LogP contribution is 2.18. The lowest BCUT2D eigenvalue weighted by atomic mass is 9.98. The summed E-state index contributed by atoms with van der Waals surface area (Å²) in [5, 5.41) is 3.38. The first-order valence-electron chi connectivity index (χ1n) is 10.2. The lowest BCUT2D eigenvalue weighted by molar-refractivity contribution is -0.149. The van der Waals surface area contributed by atoms with Crippen molar-refractivity contribution >= 4 is 35.9 Å². The molecule has 2 aliphatic rings. The minimum atomic E-state index is -0.0708. The van der Waals surface area contributed by atoms with Crippen molar-refractivity contribution in [2.24, 2.45) is 10.9 Å². The van der Waals surface area contributed by atoms with E-state index in [2.05, 4.69) is 22.0 Å². The second-order valence-electron chi connectivity index (χ2n) is 6.93. The average molecular weight is 496 g/mol. The van der Waals surface area contributed by atoms with Crippen molar-refractivity contribution in [3.63, 3.8) is 0 Å². The Morgan fingerprint density at radius 3 is 2.70 bits per heavy atom. The van der Waals surface area contributed by atoms with Crippen LogP contribution in [-0.2, 0) is 14.3 Å². The van der Waals surface area contributed by atoms with Gasteiger partial charge in [-0.3, -0.25) is 14.7 Å². The summed E-state index contributed by atoms with van der Waals surface area (Å²) < 4.78 is 10.6.